The molecule has 1 fully saturated rings. The summed E-state index contributed by atoms with van der Waals surface area (Å²) in [4.78, 5) is 23.2. The van der Waals surface area contributed by atoms with Crippen LogP contribution >= 0.6 is 0 Å². The van der Waals surface area contributed by atoms with Crippen molar-refractivity contribution >= 4 is 29.1 Å². The number of benzene rings is 1. The maximum Gasteiger partial charge on any atom is 0.170 e. The number of nitrogens with zero attached hydrogens (tertiary/aromatic N) is 3. The second-order valence-corrected chi connectivity index (χ2v) is 4.97. The van der Waals surface area contributed by atoms with Crippen molar-refractivity contribution in [3.05, 3.63) is 23.8 Å². The van der Waals surface area contributed by atoms with Crippen LogP contribution in [0.25, 0.3) is 0 Å². The number of hydrogen-bond donors (Lipinski definition) is 0. The molecule has 0 aromatic heterocycles. The molecule has 0 bridgehead atoms. The lowest BCUT2D eigenvalue weighted by molar-refractivity contribution is 0.100. The maximum atomic E-state index is 11.8. The summed E-state index contributed by atoms with van der Waals surface area (Å²) in [6.45, 7) is 1.83. The third-order valence-electron chi connectivity index (χ3n) is 3.71. The fraction of sp³-hybridized carbons (Fsp3) is 0.400. The Balaban J connectivity index is 1.78. The zero-order valence-corrected chi connectivity index (χ0v) is 11.5. The number of carbonyl (C=O) groups is 1. The maximum absolute atomic E-state index is 11.8. The first-order valence-corrected chi connectivity index (χ1v) is 6.81. The predicted octanol–water partition coefficient (Wildman–Crippen LogP) is 2.58. The van der Waals surface area contributed by atoms with Crippen LogP contribution in [-0.4, -0.2) is 37.9 Å². The van der Waals surface area contributed by atoms with Gasteiger partial charge in [-0.3, -0.25) is 9.79 Å². The Morgan fingerprint density at radius 3 is 2.85 bits per heavy atom. The molecule has 0 amide bonds. The minimum Gasteiger partial charge on any atom is -0.399 e. The van der Waals surface area contributed by atoms with Crippen molar-refractivity contribution in [3.8, 4) is 0 Å². The first kappa shape index (κ1) is 12.8. The first-order valence-electron chi connectivity index (χ1n) is 6.81. The summed E-state index contributed by atoms with van der Waals surface area (Å²) in [5.41, 5.74) is 3.74. The highest BCUT2D eigenvalue weighted by atomic mass is 16.6. The standard InChI is InChI=1S/C15H17N3O2/c1-20-17-11-5-8-18(9-6-11)12-2-3-13-14(10-12)16-7-4-15(13)19/h2-3,7,10H,4-6,8-9H2,1H3. The molecule has 1 saturated heterocycles. The highest BCUT2D eigenvalue weighted by molar-refractivity contribution is 6.10. The quantitative estimate of drug-likeness (QED) is 0.777. The Hall–Kier alpha value is -2.17. The summed E-state index contributed by atoms with van der Waals surface area (Å²) in [7, 11) is 1.58. The third kappa shape index (κ3) is 2.43. The molecule has 0 atom stereocenters. The van der Waals surface area contributed by atoms with Crippen molar-refractivity contribution in [2.24, 2.45) is 10.1 Å². The van der Waals surface area contributed by atoms with E-state index in [-0.39, 0.29) is 5.78 Å². The van der Waals surface area contributed by atoms with Gasteiger partial charge in [-0.25, -0.2) is 0 Å². The Bertz CT molecular complexity index is 583. The number of carbonyl (C=O) groups excluding carboxylic acids is 1. The van der Waals surface area contributed by atoms with Crippen molar-refractivity contribution in [1.82, 2.24) is 0 Å². The minimum absolute atomic E-state index is 0.148. The highest BCUT2D eigenvalue weighted by Crippen LogP contribution is 2.30. The molecule has 0 spiro atoms. The number of ketones is 1. The number of anilines is 1. The van der Waals surface area contributed by atoms with Crippen molar-refractivity contribution in [2.45, 2.75) is 19.3 Å². The molecule has 0 aliphatic carbocycles. The van der Waals surface area contributed by atoms with E-state index in [0.29, 0.717) is 6.42 Å². The molecule has 20 heavy (non-hydrogen) atoms. The summed E-state index contributed by atoms with van der Waals surface area (Å²) in [6, 6.07) is 5.90. The summed E-state index contributed by atoms with van der Waals surface area (Å²) in [6.07, 6.45) is 3.92. The van der Waals surface area contributed by atoms with E-state index < -0.39 is 0 Å². The van der Waals surface area contributed by atoms with Gasteiger partial charge in [0.2, 0.25) is 0 Å². The molecule has 1 aromatic rings. The van der Waals surface area contributed by atoms with E-state index in [1.807, 2.05) is 18.2 Å². The van der Waals surface area contributed by atoms with Crippen molar-refractivity contribution < 1.29 is 9.63 Å². The van der Waals surface area contributed by atoms with E-state index >= 15 is 0 Å². The molecule has 1 aromatic carbocycles. The van der Waals surface area contributed by atoms with Gasteiger partial charge in [0.15, 0.2) is 5.78 Å². The highest BCUT2D eigenvalue weighted by Gasteiger charge is 2.19. The van der Waals surface area contributed by atoms with Gasteiger partial charge < -0.3 is 9.74 Å². The molecular formula is C15H17N3O2. The zero-order chi connectivity index (χ0) is 13.9. The van der Waals surface area contributed by atoms with Gasteiger partial charge in [0.05, 0.1) is 11.4 Å². The van der Waals surface area contributed by atoms with E-state index in [1.54, 1.807) is 13.3 Å². The topological polar surface area (TPSA) is 54.3 Å². The van der Waals surface area contributed by atoms with E-state index in [0.717, 1.165) is 48.6 Å². The van der Waals surface area contributed by atoms with E-state index in [4.69, 9.17) is 4.84 Å². The monoisotopic (exact) mass is 271 g/mol. The lowest BCUT2D eigenvalue weighted by atomic mass is 10.0. The molecule has 3 rings (SSSR count). The fourth-order valence-electron chi connectivity index (χ4n) is 2.64. The Morgan fingerprint density at radius 2 is 2.10 bits per heavy atom. The second kappa shape index (κ2) is 5.45. The van der Waals surface area contributed by atoms with E-state index in [1.165, 1.54) is 0 Å². The third-order valence-corrected chi connectivity index (χ3v) is 3.71. The van der Waals surface area contributed by atoms with Crippen molar-refractivity contribution in [3.63, 3.8) is 0 Å². The van der Waals surface area contributed by atoms with Gasteiger partial charge >= 0.3 is 0 Å². The number of piperidine rings is 1. The number of oxime groups is 1. The summed E-state index contributed by atoms with van der Waals surface area (Å²) >= 11 is 0. The van der Waals surface area contributed by atoms with Gasteiger partial charge in [-0.15, -0.1) is 0 Å². The number of fused-ring (bicyclic) bond motifs is 1. The largest absolute Gasteiger partial charge is 0.399 e. The van der Waals surface area contributed by atoms with E-state index in [2.05, 4.69) is 15.0 Å². The molecular weight excluding hydrogens is 254 g/mol. The molecule has 0 unspecified atom stereocenters. The number of rotatable bonds is 2. The molecule has 2 aliphatic heterocycles. The van der Waals surface area contributed by atoms with Gasteiger partial charge in [-0.1, -0.05) is 5.16 Å². The molecule has 104 valence electrons. The Labute approximate surface area is 117 Å². The normalized spacial score (nSPS) is 17.9. The molecule has 5 nitrogen and oxygen atoms in total. The van der Waals surface area contributed by atoms with Gasteiger partial charge in [0, 0.05) is 49.8 Å². The van der Waals surface area contributed by atoms with Crippen LogP contribution in [0.5, 0.6) is 0 Å². The molecule has 0 N–H and O–H groups in total. The van der Waals surface area contributed by atoms with Gasteiger partial charge in [-0.2, -0.15) is 0 Å². The summed E-state index contributed by atoms with van der Waals surface area (Å²) in [5.74, 6) is 0.148. The van der Waals surface area contributed by atoms with Gasteiger partial charge in [-0.05, 0) is 18.2 Å². The van der Waals surface area contributed by atoms with Crippen molar-refractivity contribution in [2.75, 3.05) is 25.1 Å². The fourth-order valence-corrected chi connectivity index (χ4v) is 2.64. The van der Waals surface area contributed by atoms with Gasteiger partial charge in [0.1, 0.15) is 7.11 Å². The molecule has 2 heterocycles. The SMILES string of the molecule is CON=C1CCN(c2ccc3c(c2)N=CCC3=O)CC1. The van der Waals surface area contributed by atoms with Crippen LogP contribution in [0.3, 0.4) is 0 Å². The molecule has 0 saturated carbocycles. The summed E-state index contributed by atoms with van der Waals surface area (Å²) < 4.78 is 0. The van der Waals surface area contributed by atoms with Crippen LogP contribution in [0.15, 0.2) is 28.3 Å². The van der Waals surface area contributed by atoms with Crippen LogP contribution in [0, 0.1) is 0 Å². The second-order valence-electron chi connectivity index (χ2n) is 4.97. The molecule has 5 heteroatoms. The average Bonchev–Trinajstić information content (AvgIpc) is 2.48. The van der Waals surface area contributed by atoms with Crippen molar-refractivity contribution in [1.29, 1.82) is 0 Å². The molecule has 0 radical (unpaired) electrons. The number of Topliss-reactive ketones (excluding diaryl/α,β-unsaturated/α-hetero) is 1. The Kier molecular flexibility index (Phi) is 3.50. The summed E-state index contributed by atoms with van der Waals surface area (Å²) in [5, 5.41) is 4.01. The van der Waals surface area contributed by atoms with Crippen LogP contribution < -0.4 is 4.90 Å². The van der Waals surface area contributed by atoms with Crippen LogP contribution in [0.1, 0.15) is 29.6 Å². The molecule has 2 aliphatic rings. The van der Waals surface area contributed by atoms with Gasteiger partial charge in [0.25, 0.3) is 0 Å². The lowest BCUT2D eigenvalue weighted by Gasteiger charge is -2.30. The Morgan fingerprint density at radius 1 is 1.30 bits per heavy atom. The predicted molar refractivity (Wildman–Crippen MR) is 79.4 cm³/mol. The van der Waals surface area contributed by atoms with Crippen LogP contribution in [0.4, 0.5) is 11.4 Å². The average molecular weight is 271 g/mol. The number of hydrogen-bond acceptors (Lipinski definition) is 5. The minimum atomic E-state index is 0.148. The van der Waals surface area contributed by atoms with E-state index in [9.17, 15) is 4.79 Å². The lowest BCUT2D eigenvalue weighted by Crippen LogP contribution is -2.33. The van der Waals surface area contributed by atoms with Crippen LogP contribution in [0.2, 0.25) is 0 Å². The first-order chi connectivity index (χ1) is 9.78. The van der Waals surface area contributed by atoms with Crippen LogP contribution in [-0.2, 0) is 4.84 Å². The smallest absolute Gasteiger partial charge is 0.170 e. The zero-order valence-electron chi connectivity index (χ0n) is 11.5. The number of aliphatic imine (C=N–C) groups is 1.